The molecule has 1 saturated carbocycles. The van der Waals surface area contributed by atoms with Gasteiger partial charge >= 0.3 is 0 Å². The molecule has 1 N–H and O–H groups in total. The van der Waals surface area contributed by atoms with E-state index in [9.17, 15) is 5.11 Å². The predicted molar refractivity (Wildman–Crippen MR) is 92.5 cm³/mol. The molecule has 5 heteroatoms. The van der Waals surface area contributed by atoms with Gasteiger partial charge in [-0.15, -0.1) is 11.3 Å². The van der Waals surface area contributed by atoms with Crippen LogP contribution < -0.4 is 4.74 Å². The third-order valence-corrected chi connectivity index (χ3v) is 4.69. The van der Waals surface area contributed by atoms with Gasteiger partial charge in [-0.2, -0.15) is 0 Å². The van der Waals surface area contributed by atoms with Gasteiger partial charge in [0.1, 0.15) is 10.8 Å². The summed E-state index contributed by atoms with van der Waals surface area (Å²) in [7, 11) is 0. The van der Waals surface area contributed by atoms with Gasteiger partial charge in [0.25, 0.3) is 0 Å². The van der Waals surface area contributed by atoms with Crippen molar-refractivity contribution in [1.82, 2.24) is 9.88 Å². The average molecular weight is 332 g/mol. The zero-order valence-corrected chi connectivity index (χ0v) is 14.6. The van der Waals surface area contributed by atoms with Crippen LogP contribution in [-0.4, -0.2) is 27.1 Å². The van der Waals surface area contributed by atoms with Gasteiger partial charge in [-0.3, -0.25) is 4.90 Å². The first-order valence-electron chi connectivity index (χ1n) is 8.17. The van der Waals surface area contributed by atoms with Crippen LogP contribution in [0, 0.1) is 0 Å². The molecule has 0 atom stereocenters. The highest BCUT2D eigenvalue weighted by Gasteiger charge is 2.29. The Labute approximate surface area is 141 Å². The number of hydrogen-bond donors (Lipinski definition) is 1. The molecule has 0 amide bonds. The Kier molecular flexibility index (Phi) is 5.30. The molecule has 0 bridgehead atoms. The number of thiazole rings is 1. The van der Waals surface area contributed by atoms with Gasteiger partial charge in [0.15, 0.2) is 0 Å². The van der Waals surface area contributed by atoms with Crippen molar-refractivity contribution < 1.29 is 9.84 Å². The Balaban J connectivity index is 1.72. The van der Waals surface area contributed by atoms with Crippen LogP contribution in [0.1, 0.15) is 42.8 Å². The Morgan fingerprint density at radius 2 is 2.17 bits per heavy atom. The summed E-state index contributed by atoms with van der Waals surface area (Å²) in [6, 6.07) is 6.82. The molecule has 4 nitrogen and oxygen atoms in total. The molecule has 0 saturated heterocycles. The van der Waals surface area contributed by atoms with Crippen molar-refractivity contribution in [3.8, 4) is 5.75 Å². The van der Waals surface area contributed by atoms with Crippen molar-refractivity contribution >= 4 is 11.3 Å². The minimum absolute atomic E-state index is 0.00576. The van der Waals surface area contributed by atoms with Crippen LogP contribution in [0.5, 0.6) is 5.75 Å². The SMILES string of the molecule is CC(C)Oc1ccc(CN(Cc2nccs2)C2CC2)cc1CO. The van der Waals surface area contributed by atoms with E-state index in [1.165, 1.54) is 23.4 Å². The lowest BCUT2D eigenvalue weighted by atomic mass is 10.1. The van der Waals surface area contributed by atoms with E-state index in [0.717, 1.165) is 24.4 Å². The van der Waals surface area contributed by atoms with Crippen LogP contribution in [0.3, 0.4) is 0 Å². The number of aromatic nitrogens is 1. The van der Waals surface area contributed by atoms with Gasteiger partial charge in [-0.25, -0.2) is 4.98 Å². The predicted octanol–water partition coefficient (Wildman–Crippen LogP) is 3.59. The Bertz CT molecular complexity index is 624. The summed E-state index contributed by atoms with van der Waals surface area (Å²) in [4.78, 5) is 6.89. The molecule has 1 heterocycles. The molecular weight excluding hydrogens is 308 g/mol. The molecule has 0 unspecified atom stereocenters. The molecular formula is C18H24N2O2S. The molecule has 1 aromatic carbocycles. The molecule has 1 aromatic heterocycles. The maximum atomic E-state index is 9.62. The second-order valence-electron chi connectivity index (χ2n) is 6.33. The summed E-state index contributed by atoms with van der Waals surface area (Å²) in [6.07, 6.45) is 4.52. The summed E-state index contributed by atoms with van der Waals surface area (Å²) in [6.45, 7) is 5.79. The highest BCUT2D eigenvalue weighted by atomic mass is 32.1. The normalized spacial score (nSPS) is 14.7. The van der Waals surface area contributed by atoms with Crippen molar-refractivity contribution in [1.29, 1.82) is 0 Å². The van der Waals surface area contributed by atoms with Crippen LogP contribution in [0.15, 0.2) is 29.8 Å². The minimum Gasteiger partial charge on any atom is -0.491 e. The molecule has 0 spiro atoms. The van der Waals surface area contributed by atoms with Gasteiger partial charge in [-0.05, 0) is 44.4 Å². The van der Waals surface area contributed by atoms with Crippen LogP contribution in [0.4, 0.5) is 0 Å². The second kappa shape index (κ2) is 7.43. The van der Waals surface area contributed by atoms with Gasteiger partial charge < -0.3 is 9.84 Å². The molecule has 23 heavy (non-hydrogen) atoms. The number of nitrogens with zero attached hydrogens (tertiary/aromatic N) is 2. The molecule has 0 aliphatic heterocycles. The number of benzene rings is 1. The van der Waals surface area contributed by atoms with E-state index in [0.29, 0.717) is 6.04 Å². The smallest absolute Gasteiger partial charge is 0.125 e. The second-order valence-corrected chi connectivity index (χ2v) is 7.31. The molecule has 1 aliphatic carbocycles. The zero-order valence-electron chi connectivity index (χ0n) is 13.7. The molecule has 0 radical (unpaired) electrons. The van der Waals surface area contributed by atoms with E-state index in [-0.39, 0.29) is 12.7 Å². The molecule has 1 fully saturated rings. The van der Waals surface area contributed by atoms with Gasteiger partial charge in [-0.1, -0.05) is 6.07 Å². The van der Waals surface area contributed by atoms with Crippen molar-refractivity contribution in [2.24, 2.45) is 0 Å². The Hall–Kier alpha value is -1.43. The van der Waals surface area contributed by atoms with E-state index in [1.54, 1.807) is 11.3 Å². The number of ether oxygens (including phenoxy) is 1. The van der Waals surface area contributed by atoms with Crippen molar-refractivity contribution in [3.05, 3.63) is 45.9 Å². The fraction of sp³-hybridized carbons (Fsp3) is 0.500. The summed E-state index contributed by atoms with van der Waals surface area (Å²) in [5.41, 5.74) is 2.08. The van der Waals surface area contributed by atoms with Crippen LogP contribution in [0.2, 0.25) is 0 Å². The van der Waals surface area contributed by atoms with E-state index in [1.807, 2.05) is 31.5 Å². The summed E-state index contributed by atoms with van der Waals surface area (Å²) in [5.74, 6) is 0.782. The topological polar surface area (TPSA) is 45.6 Å². The Morgan fingerprint density at radius 1 is 1.35 bits per heavy atom. The molecule has 3 rings (SSSR count). The lowest BCUT2D eigenvalue weighted by molar-refractivity contribution is 0.224. The maximum Gasteiger partial charge on any atom is 0.125 e. The minimum atomic E-state index is 0.00576. The Morgan fingerprint density at radius 3 is 2.78 bits per heavy atom. The fourth-order valence-electron chi connectivity index (χ4n) is 2.72. The molecule has 1 aliphatic rings. The van der Waals surface area contributed by atoms with E-state index >= 15 is 0 Å². The average Bonchev–Trinajstić information content (AvgIpc) is 3.25. The highest BCUT2D eigenvalue weighted by Crippen LogP contribution is 2.31. The maximum absolute atomic E-state index is 9.62. The van der Waals surface area contributed by atoms with E-state index < -0.39 is 0 Å². The summed E-state index contributed by atoms with van der Waals surface area (Å²) in [5, 5.41) is 12.8. The van der Waals surface area contributed by atoms with Crippen molar-refractivity contribution in [2.75, 3.05) is 0 Å². The van der Waals surface area contributed by atoms with Gasteiger partial charge in [0, 0.05) is 29.7 Å². The third kappa shape index (κ3) is 4.53. The van der Waals surface area contributed by atoms with Gasteiger partial charge in [0.2, 0.25) is 0 Å². The monoisotopic (exact) mass is 332 g/mol. The zero-order chi connectivity index (χ0) is 16.2. The molecule has 124 valence electrons. The number of aliphatic hydroxyl groups is 1. The molecule has 2 aromatic rings. The van der Waals surface area contributed by atoms with Gasteiger partial charge in [0.05, 0.1) is 19.3 Å². The standard InChI is InChI=1S/C18H24N2O2S/c1-13(2)22-17-6-3-14(9-15(17)12-21)10-20(16-4-5-16)11-18-19-7-8-23-18/h3,6-9,13,16,21H,4-5,10-12H2,1-2H3. The number of rotatable bonds is 8. The third-order valence-electron chi connectivity index (χ3n) is 3.93. The first-order chi connectivity index (χ1) is 11.2. The summed E-state index contributed by atoms with van der Waals surface area (Å²) < 4.78 is 5.76. The summed E-state index contributed by atoms with van der Waals surface area (Å²) >= 11 is 1.71. The first-order valence-corrected chi connectivity index (χ1v) is 9.05. The lowest BCUT2D eigenvalue weighted by Gasteiger charge is -2.22. The van der Waals surface area contributed by atoms with Crippen LogP contribution >= 0.6 is 11.3 Å². The number of aliphatic hydroxyl groups excluding tert-OH is 1. The van der Waals surface area contributed by atoms with Crippen molar-refractivity contribution in [3.63, 3.8) is 0 Å². The number of hydrogen-bond acceptors (Lipinski definition) is 5. The lowest BCUT2D eigenvalue weighted by Crippen LogP contribution is -2.25. The first kappa shape index (κ1) is 16.4. The fourth-order valence-corrected chi connectivity index (χ4v) is 3.36. The van der Waals surface area contributed by atoms with Crippen molar-refractivity contribution in [2.45, 2.75) is 58.5 Å². The largest absolute Gasteiger partial charge is 0.491 e. The van der Waals surface area contributed by atoms with Crippen LogP contribution in [-0.2, 0) is 19.7 Å². The van der Waals surface area contributed by atoms with E-state index in [2.05, 4.69) is 22.0 Å². The van der Waals surface area contributed by atoms with E-state index in [4.69, 9.17) is 4.74 Å². The highest BCUT2D eigenvalue weighted by molar-refractivity contribution is 7.09. The van der Waals surface area contributed by atoms with Crippen LogP contribution in [0.25, 0.3) is 0 Å². The quantitative estimate of drug-likeness (QED) is 0.802.